The largest absolute Gasteiger partial charge is 0.352 e. The van der Waals surface area contributed by atoms with Gasteiger partial charge in [0.1, 0.15) is 0 Å². The van der Waals surface area contributed by atoms with E-state index in [4.69, 9.17) is 0 Å². The van der Waals surface area contributed by atoms with Crippen LogP contribution in [-0.4, -0.2) is 25.5 Å². The van der Waals surface area contributed by atoms with E-state index in [0.717, 1.165) is 32.4 Å². The molecule has 1 amide bonds. The Kier molecular flexibility index (Phi) is 6.98. The number of hydrogen-bond acceptors (Lipinski definition) is 2. The average Bonchev–Trinajstić information content (AvgIpc) is 2.45. The summed E-state index contributed by atoms with van der Waals surface area (Å²) in [6, 6.07) is 1.41. The second kappa shape index (κ2) is 8.24. The van der Waals surface area contributed by atoms with E-state index >= 15 is 0 Å². The fraction of sp³-hybridized carbons (Fsp3) is 0.500. The van der Waals surface area contributed by atoms with Crippen molar-refractivity contribution in [2.24, 2.45) is 5.92 Å². The zero-order chi connectivity index (χ0) is 14.5. The quantitative estimate of drug-likeness (QED) is 0.837. The summed E-state index contributed by atoms with van der Waals surface area (Å²) in [5, 5.41) is 5.87. The van der Waals surface area contributed by atoms with Gasteiger partial charge in [0, 0.05) is 12.1 Å². The summed E-state index contributed by atoms with van der Waals surface area (Å²) in [5.41, 5.74) is -0.205. The van der Waals surface area contributed by atoms with E-state index < -0.39 is 23.4 Å². The zero-order valence-corrected chi connectivity index (χ0v) is 12.2. The number of carbonyl (C=O) groups excluding carboxylic acids is 1. The Morgan fingerprint density at radius 2 is 1.95 bits per heavy atom. The monoisotopic (exact) mass is 322 g/mol. The molecule has 1 aromatic rings. The van der Waals surface area contributed by atoms with Gasteiger partial charge in [-0.25, -0.2) is 13.2 Å². The molecule has 1 unspecified atom stereocenters. The van der Waals surface area contributed by atoms with Crippen LogP contribution in [0, 0.1) is 23.4 Å². The second-order valence-corrected chi connectivity index (χ2v) is 5.01. The van der Waals surface area contributed by atoms with Gasteiger partial charge >= 0.3 is 0 Å². The molecule has 0 spiro atoms. The molecule has 0 bridgehead atoms. The van der Waals surface area contributed by atoms with Crippen LogP contribution < -0.4 is 10.6 Å². The molecule has 21 heavy (non-hydrogen) atoms. The van der Waals surface area contributed by atoms with Crippen molar-refractivity contribution >= 4 is 18.3 Å². The lowest BCUT2D eigenvalue weighted by molar-refractivity contribution is 0.0949. The lowest BCUT2D eigenvalue weighted by atomic mass is 9.96. The maximum atomic E-state index is 13.0. The number of amides is 1. The number of rotatable bonds is 4. The number of benzene rings is 1. The summed E-state index contributed by atoms with van der Waals surface area (Å²) >= 11 is 0. The number of carbonyl (C=O) groups is 1. The van der Waals surface area contributed by atoms with Crippen LogP contribution in [0.3, 0.4) is 0 Å². The third-order valence-electron chi connectivity index (χ3n) is 3.48. The molecular weight excluding hydrogens is 305 g/mol. The minimum atomic E-state index is -1.56. The summed E-state index contributed by atoms with van der Waals surface area (Å²) in [6.45, 7) is 2.39. The van der Waals surface area contributed by atoms with Crippen molar-refractivity contribution in [2.45, 2.75) is 19.3 Å². The molecule has 3 nitrogen and oxygen atoms in total. The van der Waals surface area contributed by atoms with Gasteiger partial charge in [-0.05, 0) is 50.4 Å². The first kappa shape index (κ1) is 17.8. The molecule has 118 valence electrons. The third-order valence-corrected chi connectivity index (χ3v) is 3.48. The van der Waals surface area contributed by atoms with Crippen LogP contribution >= 0.6 is 12.4 Å². The molecule has 1 aromatic carbocycles. The molecule has 1 heterocycles. The number of halogens is 4. The fourth-order valence-corrected chi connectivity index (χ4v) is 2.35. The van der Waals surface area contributed by atoms with Gasteiger partial charge < -0.3 is 10.6 Å². The van der Waals surface area contributed by atoms with E-state index in [1.807, 2.05) is 0 Å². The summed E-state index contributed by atoms with van der Waals surface area (Å²) in [6.07, 6.45) is 3.04. The van der Waals surface area contributed by atoms with Crippen molar-refractivity contribution in [1.82, 2.24) is 10.6 Å². The lowest BCUT2D eigenvalue weighted by Crippen LogP contribution is -2.33. The first-order chi connectivity index (χ1) is 9.58. The van der Waals surface area contributed by atoms with Crippen molar-refractivity contribution in [3.8, 4) is 0 Å². The van der Waals surface area contributed by atoms with E-state index in [9.17, 15) is 18.0 Å². The number of piperidine rings is 1. The maximum absolute atomic E-state index is 13.0. The topological polar surface area (TPSA) is 41.1 Å². The van der Waals surface area contributed by atoms with Crippen LogP contribution in [-0.2, 0) is 0 Å². The van der Waals surface area contributed by atoms with Crippen molar-refractivity contribution in [1.29, 1.82) is 0 Å². The Morgan fingerprint density at radius 1 is 1.29 bits per heavy atom. The van der Waals surface area contributed by atoms with Crippen molar-refractivity contribution in [2.75, 3.05) is 19.6 Å². The van der Waals surface area contributed by atoms with Gasteiger partial charge in [-0.2, -0.15) is 0 Å². The van der Waals surface area contributed by atoms with E-state index in [1.54, 1.807) is 0 Å². The van der Waals surface area contributed by atoms with Crippen LogP contribution in [0.1, 0.15) is 29.6 Å². The van der Waals surface area contributed by atoms with E-state index in [2.05, 4.69) is 10.6 Å². The molecule has 1 saturated heterocycles. The molecule has 0 saturated carbocycles. The number of hydrogen-bond donors (Lipinski definition) is 2. The van der Waals surface area contributed by atoms with Crippen LogP contribution in [0.4, 0.5) is 13.2 Å². The summed E-state index contributed by atoms with van der Waals surface area (Å²) in [5.74, 6) is -4.36. The van der Waals surface area contributed by atoms with E-state index in [1.165, 1.54) is 0 Å². The Hall–Kier alpha value is -1.27. The molecule has 0 aliphatic carbocycles. The van der Waals surface area contributed by atoms with Gasteiger partial charge in [-0.3, -0.25) is 4.79 Å². The van der Waals surface area contributed by atoms with Gasteiger partial charge in [-0.15, -0.1) is 12.4 Å². The molecular formula is C14H18ClF3N2O. The van der Waals surface area contributed by atoms with Gasteiger partial charge in [0.2, 0.25) is 0 Å². The van der Waals surface area contributed by atoms with Gasteiger partial charge in [0.25, 0.3) is 5.91 Å². The Labute approximate surface area is 127 Å². The molecule has 7 heteroatoms. The molecule has 1 aliphatic rings. The minimum Gasteiger partial charge on any atom is -0.352 e. The Morgan fingerprint density at radius 3 is 2.52 bits per heavy atom. The van der Waals surface area contributed by atoms with E-state index in [0.29, 0.717) is 24.6 Å². The highest BCUT2D eigenvalue weighted by Gasteiger charge is 2.16. The van der Waals surface area contributed by atoms with Crippen molar-refractivity contribution in [3.05, 3.63) is 35.1 Å². The minimum absolute atomic E-state index is 0. The predicted octanol–water partition coefficient (Wildman–Crippen LogP) is 2.65. The third kappa shape index (κ3) is 4.89. The molecule has 2 rings (SSSR count). The highest BCUT2D eigenvalue weighted by molar-refractivity contribution is 5.94. The smallest absolute Gasteiger partial charge is 0.251 e. The summed E-state index contributed by atoms with van der Waals surface area (Å²) in [4.78, 5) is 11.7. The van der Waals surface area contributed by atoms with Crippen LogP contribution in [0.5, 0.6) is 0 Å². The SMILES string of the molecule is Cl.O=C(NCCC1CCCNC1)c1cc(F)c(F)c(F)c1. The maximum Gasteiger partial charge on any atom is 0.251 e. The highest BCUT2D eigenvalue weighted by Crippen LogP contribution is 2.15. The fourth-order valence-electron chi connectivity index (χ4n) is 2.35. The first-order valence-corrected chi connectivity index (χ1v) is 6.71. The molecule has 0 radical (unpaired) electrons. The van der Waals surface area contributed by atoms with E-state index in [-0.39, 0.29) is 18.0 Å². The Balaban J connectivity index is 0.00000220. The molecule has 0 aromatic heterocycles. The summed E-state index contributed by atoms with van der Waals surface area (Å²) in [7, 11) is 0. The van der Waals surface area contributed by atoms with Crippen molar-refractivity contribution < 1.29 is 18.0 Å². The lowest BCUT2D eigenvalue weighted by Gasteiger charge is -2.22. The standard InChI is InChI=1S/C14H17F3N2O.ClH/c15-11-6-10(7-12(16)13(11)17)14(20)19-5-3-9-2-1-4-18-8-9;/h6-7,9,18H,1-5,8H2,(H,19,20);1H. The average molecular weight is 323 g/mol. The highest BCUT2D eigenvalue weighted by atomic mass is 35.5. The predicted molar refractivity (Wildman–Crippen MR) is 76.1 cm³/mol. The van der Waals surface area contributed by atoms with Gasteiger partial charge in [0.15, 0.2) is 17.5 Å². The molecule has 2 N–H and O–H groups in total. The molecule has 1 fully saturated rings. The van der Waals surface area contributed by atoms with Gasteiger partial charge in [0.05, 0.1) is 0 Å². The second-order valence-electron chi connectivity index (χ2n) is 5.01. The van der Waals surface area contributed by atoms with Crippen LogP contribution in [0.15, 0.2) is 12.1 Å². The molecule has 1 atom stereocenters. The summed E-state index contributed by atoms with van der Waals surface area (Å²) < 4.78 is 38.8. The van der Waals surface area contributed by atoms with Crippen LogP contribution in [0.2, 0.25) is 0 Å². The first-order valence-electron chi connectivity index (χ1n) is 6.71. The number of nitrogens with one attached hydrogen (secondary N) is 2. The molecule has 1 aliphatic heterocycles. The zero-order valence-electron chi connectivity index (χ0n) is 11.4. The Bertz CT molecular complexity index is 470. The van der Waals surface area contributed by atoms with Gasteiger partial charge in [-0.1, -0.05) is 0 Å². The normalized spacial score (nSPS) is 18.0. The van der Waals surface area contributed by atoms with Crippen LogP contribution in [0.25, 0.3) is 0 Å². The van der Waals surface area contributed by atoms with Crippen molar-refractivity contribution in [3.63, 3.8) is 0 Å².